The first-order valence-electron chi connectivity index (χ1n) is 16.7. The molecule has 2 aromatic carbocycles. The van der Waals surface area contributed by atoms with Crippen molar-refractivity contribution in [2.24, 2.45) is 17.8 Å². The number of H-pyrrole nitrogens is 1. The molecule has 3 N–H and O–H groups in total. The molecule has 1 aromatic heterocycles. The summed E-state index contributed by atoms with van der Waals surface area (Å²) in [5.74, 6) is -2.07. The highest BCUT2D eigenvalue weighted by atomic mass is 16.6. The monoisotopic (exact) mass is 724 g/mol. The molecular formula is C37H44N2O13. The molecule has 3 heterocycles. The molecule has 2 aliphatic heterocycles. The van der Waals surface area contributed by atoms with Crippen LogP contribution in [0.4, 0.5) is 0 Å². The summed E-state index contributed by atoms with van der Waals surface area (Å²) in [7, 11) is 9.10. The van der Waals surface area contributed by atoms with Gasteiger partial charge >= 0.3 is 23.9 Å². The standard InChI is InChI=1S/C33H40N2O9.C4H4O4/c1-38-19-7-8-20-21-9-10-35-16-18-13-27(44-32(36)17-11-25(39-2)30(41-4)26(12-17)40-3)31(42-5)28(33(37)43-6)22(18)15-24(35)29(21)34-23(20)14-19;5-3(6)1-2-4(7)8/h7-8,11-12,14,18,22,24,27-28,31,34H,9-10,13,15-16H2,1-6H3;1-2H,(H,5,6)(H,7,8)/b;2-1+/t18-,22+,24-,27-,28+,31+;/m1./s1. The lowest BCUT2D eigenvalue weighted by atomic mass is 9.63. The molecule has 0 spiro atoms. The maximum Gasteiger partial charge on any atom is 0.338 e. The van der Waals surface area contributed by atoms with Gasteiger partial charge in [-0.05, 0) is 60.9 Å². The van der Waals surface area contributed by atoms with E-state index in [0.717, 1.165) is 37.2 Å². The third kappa shape index (κ3) is 7.65. The van der Waals surface area contributed by atoms with E-state index < -0.39 is 36.0 Å². The fourth-order valence-corrected chi connectivity index (χ4v) is 7.90. The fourth-order valence-electron chi connectivity index (χ4n) is 7.90. The molecule has 6 atom stereocenters. The number of hydrogen-bond acceptors (Lipinski definition) is 12. The highest BCUT2D eigenvalue weighted by Crippen LogP contribution is 2.51. The smallest absolute Gasteiger partial charge is 0.338 e. The summed E-state index contributed by atoms with van der Waals surface area (Å²) in [6.45, 7) is 1.68. The molecule has 0 amide bonds. The quantitative estimate of drug-likeness (QED) is 0.202. The Labute approximate surface area is 300 Å². The van der Waals surface area contributed by atoms with Gasteiger partial charge < -0.3 is 48.4 Å². The van der Waals surface area contributed by atoms with E-state index in [1.54, 1.807) is 26.4 Å². The van der Waals surface area contributed by atoms with Gasteiger partial charge in [0.1, 0.15) is 18.0 Å². The minimum Gasteiger partial charge on any atom is -0.497 e. The van der Waals surface area contributed by atoms with Crippen LogP contribution in [0, 0.1) is 17.8 Å². The Balaban J connectivity index is 0.000000587. The number of piperidine rings is 1. The molecule has 15 heteroatoms. The largest absolute Gasteiger partial charge is 0.497 e. The first-order chi connectivity index (χ1) is 25.0. The Morgan fingerprint density at radius 2 is 1.54 bits per heavy atom. The van der Waals surface area contributed by atoms with Crippen molar-refractivity contribution in [2.45, 2.75) is 37.5 Å². The molecule has 1 aliphatic carbocycles. The minimum atomic E-state index is -1.26. The molecule has 2 fully saturated rings. The lowest BCUT2D eigenvalue weighted by molar-refractivity contribution is -0.176. The number of carbonyl (C=O) groups excluding carboxylic acids is 2. The van der Waals surface area contributed by atoms with Gasteiger partial charge in [-0.2, -0.15) is 0 Å². The van der Waals surface area contributed by atoms with Gasteiger partial charge in [-0.15, -0.1) is 0 Å². The van der Waals surface area contributed by atoms with Crippen molar-refractivity contribution >= 4 is 34.8 Å². The number of nitrogens with one attached hydrogen (secondary N) is 1. The van der Waals surface area contributed by atoms with Crippen molar-refractivity contribution in [3.63, 3.8) is 0 Å². The average Bonchev–Trinajstić information content (AvgIpc) is 3.53. The van der Waals surface area contributed by atoms with Crippen LogP contribution >= 0.6 is 0 Å². The second kappa shape index (κ2) is 16.4. The van der Waals surface area contributed by atoms with Crippen LogP contribution in [0.15, 0.2) is 42.5 Å². The van der Waals surface area contributed by atoms with Crippen LogP contribution in [0.2, 0.25) is 0 Å². The number of esters is 2. The molecule has 0 bridgehead atoms. The molecule has 0 unspecified atom stereocenters. The highest BCUT2D eigenvalue weighted by molar-refractivity contribution is 5.91. The maximum absolute atomic E-state index is 13.5. The van der Waals surface area contributed by atoms with Crippen LogP contribution in [0.3, 0.4) is 0 Å². The van der Waals surface area contributed by atoms with E-state index in [9.17, 15) is 19.2 Å². The van der Waals surface area contributed by atoms with Gasteiger partial charge in [0.15, 0.2) is 11.5 Å². The Hall–Kier alpha value is -5.28. The van der Waals surface area contributed by atoms with Crippen molar-refractivity contribution < 1.29 is 62.5 Å². The number of hydrogen-bond donors (Lipinski definition) is 3. The lowest BCUT2D eigenvalue weighted by Gasteiger charge is -2.52. The molecule has 3 aromatic rings. The molecule has 0 radical (unpaired) electrons. The molecule has 15 nitrogen and oxygen atoms in total. The van der Waals surface area contributed by atoms with E-state index in [-0.39, 0.29) is 29.4 Å². The Bertz CT molecular complexity index is 1790. The van der Waals surface area contributed by atoms with E-state index in [0.29, 0.717) is 35.8 Å². The van der Waals surface area contributed by atoms with Gasteiger partial charge in [-0.3, -0.25) is 9.69 Å². The van der Waals surface area contributed by atoms with E-state index in [1.807, 2.05) is 12.1 Å². The summed E-state index contributed by atoms with van der Waals surface area (Å²) in [5.41, 5.74) is 3.83. The number of rotatable bonds is 10. The van der Waals surface area contributed by atoms with Crippen LogP contribution in [0.1, 0.15) is 40.5 Å². The molecule has 3 aliphatic rings. The van der Waals surface area contributed by atoms with Crippen molar-refractivity contribution in [2.75, 3.05) is 55.7 Å². The van der Waals surface area contributed by atoms with E-state index in [1.165, 1.54) is 45.1 Å². The summed E-state index contributed by atoms with van der Waals surface area (Å²) < 4.78 is 39.1. The number of nitrogens with zero attached hydrogens (tertiary/aromatic N) is 1. The summed E-state index contributed by atoms with van der Waals surface area (Å²) >= 11 is 0. The lowest BCUT2D eigenvalue weighted by Crippen LogP contribution is -2.58. The number of carbonyl (C=O) groups is 4. The predicted molar refractivity (Wildman–Crippen MR) is 185 cm³/mol. The number of ether oxygens (including phenoxy) is 7. The van der Waals surface area contributed by atoms with Crippen molar-refractivity contribution in [3.05, 3.63) is 59.3 Å². The number of aliphatic carboxylic acids is 2. The number of carboxylic acid groups (broad SMARTS) is 2. The van der Waals surface area contributed by atoms with Gasteiger partial charge in [0, 0.05) is 55.0 Å². The number of methoxy groups -OCH3 is 6. The second-order valence-corrected chi connectivity index (χ2v) is 12.7. The van der Waals surface area contributed by atoms with Gasteiger partial charge in [0.05, 0.1) is 53.1 Å². The summed E-state index contributed by atoms with van der Waals surface area (Å²) in [5, 5.41) is 16.8. The summed E-state index contributed by atoms with van der Waals surface area (Å²) in [6.07, 6.45) is 2.04. The zero-order valence-electron chi connectivity index (χ0n) is 29.9. The van der Waals surface area contributed by atoms with Crippen LogP contribution < -0.4 is 18.9 Å². The SMILES string of the molecule is COC(=O)[C@H]1[C@H]2C[C@@H]3c4[nH]c5cc(OC)ccc5c4CCN3C[C@H]2C[C@@H](OC(=O)c2cc(OC)c(OC)c(OC)c2)[C@@H]1OC.O=C(O)/C=C/C(=O)O. The fraction of sp³-hybridized carbons (Fsp3) is 0.459. The second-order valence-electron chi connectivity index (χ2n) is 12.7. The van der Waals surface area contributed by atoms with Crippen molar-refractivity contribution in [1.29, 1.82) is 0 Å². The summed E-state index contributed by atoms with van der Waals surface area (Å²) in [4.78, 5) is 52.2. The minimum absolute atomic E-state index is 0.0170. The number of aromatic amines is 1. The van der Waals surface area contributed by atoms with Gasteiger partial charge in [0.2, 0.25) is 5.75 Å². The number of aromatic nitrogens is 1. The Morgan fingerprint density at radius 3 is 2.10 bits per heavy atom. The van der Waals surface area contributed by atoms with Crippen LogP contribution in [0.25, 0.3) is 10.9 Å². The highest BCUT2D eigenvalue weighted by Gasteiger charge is 2.54. The first kappa shape index (κ1) is 38.0. The van der Waals surface area contributed by atoms with E-state index in [2.05, 4.69) is 16.0 Å². The molecule has 1 saturated carbocycles. The summed E-state index contributed by atoms with van der Waals surface area (Å²) in [6, 6.07) is 9.40. The zero-order chi connectivity index (χ0) is 37.7. The van der Waals surface area contributed by atoms with Crippen molar-refractivity contribution in [3.8, 4) is 23.0 Å². The normalized spacial score (nSPS) is 23.6. The Morgan fingerprint density at radius 1 is 0.865 bits per heavy atom. The topological polar surface area (TPSA) is 192 Å². The van der Waals surface area contributed by atoms with E-state index >= 15 is 0 Å². The number of carboxylic acids is 2. The first-order valence-corrected chi connectivity index (χ1v) is 16.7. The van der Waals surface area contributed by atoms with Crippen LogP contribution in [0.5, 0.6) is 23.0 Å². The zero-order valence-corrected chi connectivity index (χ0v) is 29.9. The molecule has 280 valence electrons. The van der Waals surface area contributed by atoms with Gasteiger partial charge in [0.25, 0.3) is 0 Å². The average molecular weight is 725 g/mol. The van der Waals surface area contributed by atoms with Crippen LogP contribution in [-0.4, -0.2) is 112 Å². The number of fused-ring (bicyclic) bond motifs is 6. The van der Waals surface area contributed by atoms with Gasteiger partial charge in [-0.1, -0.05) is 0 Å². The van der Waals surface area contributed by atoms with Gasteiger partial charge in [-0.25, -0.2) is 14.4 Å². The van der Waals surface area contributed by atoms with Crippen LogP contribution in [-0.2, 0) is 35.0 Å². The molecule has 6 rings (SSSR count). The number of benzene rings is 2. The van der Waals surface area contributed by atoms with E-state index in [4.69, 9.17) is 43.4 Å². The molecule has 52 heavy (non-hydrogen) atoms. The predicted octanol–water partition coefficient (Wildman–Crippen LogP) is 3.88. The van der Waals surface area contributed by atoms with Crippen molar-refractivity contribution in [1.82, 2.24) is 9.88 Å². The Kier molecular flexibility index (Phi) is 12.0. The third-order valence-electron chi connectivity index (χ3n) is 10.1. The molecule has 1 saturated heterocycles. The molecular weight excluding hydrogens is 680 g/mol. The third-order valence-corrected chi connectivity index (χ3v) is 10.1. The maximum atomic E-state index is 13.5.